The minimum absolute atomic E-state index is 0.230. The van der Waals surface area contributed by atoms with Gasteiger partial charge in [0.05, 0.1) is 18.2 Å². The van der Waals surface area contributed by atoms with Gasteiger partial charge in [0.2, 0.25) is 5.88 Å². The number of nitrogen functional groups attached to an aromatic ring is 1. The van der Waals surface area contributed by atoms with Gasteiger partial charge in [-0.25, -0.2) is 9.97 Å². The van der Waals surface area contributed by atoms with Gasteiger partial charge >= 0.3 is 0 Å². The van der Waals surface area contributed by atoms with Crippen LogP contribution in [0.15, 0.2) is 73.2 Å². The van der Waals surface area contributed by atoms with Crippen molar-refractivity contribution in [3.63, 3.8) is 0 Å². The third kappa shape index (κ3) is 4.43. The van der Waals surface area contributed by atoms with E-state index in [1.165, 1.54) is 6.33 Å². The lowest BCUT2D eigenvalue weighted by atomic mass is 9.98. The maximum absolute atomic E-state index is 12.0. The highest BCUT2D eigenvalue weighted by atomic mass is 16.5. The number of nitrogens with one attached hydrogen (secondary N) is 1. The first-order chi connectivity index (χ1) is 18.3. The highest BCUT2D eigenvalue weighted by molar-refractivity contribution is 6.08. The van der Waals surface area contributed by atoms with E-state index in [-0.39, 0.29) is 5.91 Å². The second-order valence-electron chi connectivity index (χ2n) is 8.85. The van der Waals surface area contributed by atoms with E-state index >= 15 is 0 Å². The maximum atomic E-state index is 12.0. The fraction of sp³-hybridized carbons (Fsp3) is 0.143. The van der Waals surface area contributed by atoms with Gasteiger partial charge in [0.15, 0.2) is 11.5 Å². The van der Waals surface area contributed by atoms with Gasteiger partial charge in [-0.1, -0.05) is 24.8 Å². The van der Waals surface area contributed by atoms with Crippen LogP contribution in [0.5, 0.6) is 17.4 Å². The Morgan fingerprint density at radius 1 is 1.03 bits per heavy atom. The molecule has 0 atom stereocenters. The molecule has 0 fully saturated rings. The van der Waals surface area contributed by atoms with Crippen molar-refractivity contribution in [3.8, 4) is 39.8 Å². The number of nitrogens with zero attached hydrogens (tertiary/aromatic N) is 5. The predicted octanol–water partition coefficient (Wildman–Crippen LogP) is 4.93. The van der Waals surface area contributed by atoms with Crippen molar-refractivity contribution in [2.45, 2.75) is 6.92 Å². The summed E-state index contributed by atoms with van der Waals surface area (Å²) in [6.07, 6.45) is 3.25. The Morgan fingerprint density at radius 2 is 1.76 bits per heavy atom. The molecule has 0 spiro atoms. The number of anilines is 2. The van der Waals surface area contributed by atoms with Gasteiger partial charge in [-0.15, -0.1) is 5.10 Å². The molecule has 0 saturated heterocycles. The molecule has 5 rings (SSSR count). The Bertz CT molecular complexity index is 1680. The van der Waals surface area contributed by atoms with Gasteiger partial charge in [-0.2, -0.15) is 0 Å². The molecule has 3 heterocycles. The van der Waals surface area contributed by atoms with E-state index in [1.807, 2.05) is 61.1 Å². The minimum atomic E-state index is -0.230. The summed E-state index contributed by atoms with van der Waals surface area (Å²) in [5, 5.41) is 7.84. The molecule has 0 saturated carbocycles. The minimum Gasteiger partial charge on any atom is -0.493 e. The molecule has 0 aliphatic carbocycles. The zero-order valence-corrected chi connectivity index (χ0v) is 21.5. The smallest absolute Gasteiger partial charge is 0.250 e. The average molecular weight is 510 g/mol. The number of hydrogen-bond acceptors (Lipinski definition) is 7. The summed E-state index contributed by atoms with van der Waals surface area (Å²) in [7, 11) is 5.34. The fourth-order valence-electron chi connectivity index (χ4n) is 4.31. The SMILES string of the molecule is C=C(C)C(=O)Nc1ccc(-c2c(-c3ccc(Oc4ccn(C)n4)c(OC)c3)c3c(N)ncnc3n2C)cc1. The molecule has 38 heavy (non-hydrogen) atoms. The molecular weight excluding hydrogens is 482 g/mol. The number of aromatic nitrogens is 5. The molecule has 0 aliphatic rings. The van der Waals surface area contributed by atoms with Crippen LogP contribution < -0.4 is 20.5 Å². The van der Waals surface area contributed by atoms with Crippen LogP contribution in [0.25, 0.3) is 33.4 Å². The number of amides is 1. The molecule has 3 N–H and O–H groups in total. The number of nitrogens with two attached hydrogens (primary N) is 1. The topological polar surface area (TPSA) is 122 Å². The molecule has 0 bridgehead atoms. The lowest BCUT2D eigenvalue weighted by molar-refractivity contribution is -0.112. The summed E-state index contributed by atoms with van der Waals surface area (Å²) < 4.78 is 15.3. The first-order valence-corrected chi connectivity index (χ1v) is 11.8. The van der Waals surface area contributed by atoms with Crippen LogP contribution in [0, 0.1) is 0 Å². The normalized spacial score (nSPS) is 10.9. The van der Waals surface area contributed by atoms with E-state index in [1.54, 1.807) is 31.0 Å². The van der Waals surface area contributed by atoms with Crippen molar-refractivity contribution in [1.82, 2.24) is 24.3 Å². The molecular formula is C28H27N7O3. The summed E-state index contributed by atoms with van der Waals surface area (Å²) in [6.45, 7) is 5.35. The van der Waals surface area contributed by atoms with Crippen molar-refractivity contribution in [3.05, 3.63) is 73.2 Å². The molecule has 2 aromatic carbocycles. The Balaban J connectivity index is 1.64. The number of hydrogen-bond donors (Lipinski definition) is 2. The van der Waals surface area contributed by atoms with E-state index in [0.717, 1.165) is 27.8 Å². The van der Waals surface area contributed by atoms with E-state index < -0.39 is 0 Å². The highest BCUT2D eigenvalue weighted by Crippen LogP contribution is 2.44. The Kier molecular flexibility index (Phi) is 6.29. The summed E-state index contributed by atoms with van der Waals surface area (Å²) in [4.78, 5) is 20.8. The highest BCUT2D eigenvalue weighted by Gasteiger charge is 2.23. The third-order valence-electron chi connectivity index (χ3n) is 6.16. The lowest BCUT2D eigenvalue weighted by Gasteiger charge is -2.13. The zero-order chi connectivity index (χ0) is 27.0. The van der Waals surface area contributed by atoms with Crippen LogP contribution in [-0.2, 0) is 18.9 Å². The number of benzene rings is 2. The number of rotatable bonds is 7. The van der Waals surface area contributed by atoms with Crippen molar-refractivity contribution in [2.75, 3.05) is 18.2 Å². The van der Waals surface area contributed by atoms with Gasteiger partial charge in [-0.05, 0) is 42.3 Å². The van der Waals surface area contributed by atoms with Gasteiger partial charge in [-0.3, -0.25) is 9.48 Å². The Hall–Kier alpha value is -5.12. The van der Waals surface area contributed by atoms with Crippen molar-refractivity contribution >= 4 is 28.4 Å². The van der Waals surface area contributed by atoms with E-state index in [9.17, 15) is 4.79 Å². The lowest BCUT2D eigenvalue weighted by Crippen LogP contribution is -2.11. The first kappa shape index (κ1) is 24.6. The Labute approximate surface area is 219 Å². The van der Waals surface area contributed by atoms with Crippen LogP contribution in [-0.4, -0.2) is 37.3 Å². The van der Waals surface area contributed by atoms with E-state index in [2.05, 4.69) is 27.0 Å². The van der Waals surface area contributed by atoms with Crippen LogP contribution in [0.4, 0.5) is 11.5 Å². The average Bonchev–Trinajstić information content (AvgIpc) is 3.45. The third-order valence-corrected chi connectivity index (χ3v) is 6.16. The second kappa shape index (κ2) is 9.74. The largest absolute Gasteiger partial charge is 0.493 e. The van der Waals surface area contributed by atoms with Gasteiger partial charge in [0.1, 0.15) is 17.8 Å². The molecule has 10 heteroatoms. The number of carbonyl (C=O) groups is 1. The zero-order valence-electron chi connectivity index (χ0n) is 21.5. The monoisotopic (exact) mass is 509 g/mol. The second-order valence-corrected chi connectivity index (χ2v) is 8.85. The van der Waals surface area contributed by atoms with Crippen molar-refractivity contribution in [2.24, 2.45) is 14.1 Å². The summed E-state index contributed by atoms with van der Waals surface area (Å²) in [5.41, 5.74) is 11.6. The molecule has 3 aromatic heterocycles. The molecule has 0 unspecified atom stereocenters. The number of aryl methyl sites for hydroxylation is 2. The van der Waals surface area contributed by atoms with Crippen LogP contribution in [0.1, 0.15) is 6.92 Å². The quantitative estimate of drug-likeness (QED) is 0.298. The number of ether oxygens (including phenoxy) is 2. The molecule has 10 nitrogen and oxygen atoms in total. The molecule has 192 valence electrons. The predicted molar refractivity (Wildman–Crippen MR) is 147 cm³/mol. The van der Waals surface area contributed by atoms with Crippen LogP contribution in [0.2, 0.25) is 0 Å². The Morgan fingerprint density at radius 3 is 2.42 bits per heavy atom. The van der Waals surface area contributed by atoms with Crippen molar-refractivity contribution < 1.29 is 14.3 Å². The number of methoxy groups -OCH3 is 1. The van der Waals surface area contributed by atoms with Gasteiger partial charge < -0.3 is 25.1 Å². The maximum Gasteiger partial charge on any atom is 0.250 e. The van der Waals surface area contributed by atoms with E-state index in [0.29, 0.717) is 40.1 Å². The van der Waals surface area contributed by atoms with Crippen molar-refractivity contribution in [1.29, 1.82) is 0 Å². The van der Waals surface area contributed by atoms with Gasteiger partial charge in [0.25, 0.3) is 5.91 Å². The standard InChI is InChI=1S/C28H27N7O3/c1-16(2)28(36)32-19-9-6-17(7-10-19)25-23(24-26(29)30-15-31-27(24)35(25)4)18-8-11-20(21(14-18)37-5)38-22-12-13-34(3)33-22/h6-15H,1H2,2-5H3,(H,32,36)(H2,29,30,31). The van der Waals surface area contributed by atoms with Crippen LogP contribution in [0.3, 0.4) is 0 Å². The first-order valence-electron chi connectivity index (χ1n) is 11.8. The summed E-state index contributed by atoms with van der Waals surface area (Å²) in [6, 6.07) is 15.0. The number of carbonyl (C=O) groups excluding carboxylic acids is 1. The molecule has 0 aliphatic heterocycles. The number of fused-ring (bicyclic) bond motifs is 1. The summed E-state index contributed by atoms with van der Waals surface area (Å²) in [5.74, 6) is 1.65. The van der Waals surface area contributed by atoms with Crippen LogP contribution >= 0.6 is 0 Å². The molecule has 0 radical (unpaired) electrons. The van der Waals surface area contributed by atoms with Gasteiger partial charge in [0, 0.05) is 43.2 Å². The fourth-order valence-corrected chi connectivity index (χ4v) is 4.31. The summed E-state index contributed by atoms with van der Waals surface area (Å²) >= 11 is 0. The molecule has 1 amide bonds. The van der Waals surface area contributed by atoms with E-state index in [4.69, 9.17) is 15.2 Å². The molecule has 5 aromatic rings.